The number of amidine groups is 1. The number of esters is 1. The lowest BCUT2D eigenvalue weighted by Crippen LogP contribution is -2.14. The Hall–Kier alpha value is -1.45. The molecule has 0 radical (unpaired) electrons. The van der Waals surface area contributed by atoms with Crippen molar-refractivity contribution in [1.29, 1.82) is 0 Å². The Bertz CT molecular complexity index is 237. The Kier molecular flexibility index (Phi) is 4.60. The first kappa shape index (κ1) is 10.6. The fraction of sp³-hybridized carbons (Fsp3) is 0.375. The van der Waals surface area contributed by atoms with Gasteiger partial charge in [-0.2, -0.15) is 0 Å². The SMILES string of the molecule is C=CN=C(N=C(C)C)C(=O)OC. The van der Waals surface area contributed by atoms with Gasteiger partial charge in [0, 0.05) is 11.9 Å². The Morgan fingerprint density at radius 3 is 2.42 bits per heavy atom. The summed E-state index contributed by atoms with van der Waals surface area (Å²) in [6, 6.07) is 0. The summed E-state index contributed by atoms with van der Waals surface area (Å²) in [5.74, 6) is -0.538. The zero-order valence-electron chi connectivity index (χ0n) is 7.50. The topological polar surface area (TPSA) is 51.0 Å². The van der Waals surface area contributed by atoms with Crippen LogP contribution in [-0.2, 0) is 9.53 Å². The lowest BCUT2D eigenvalue weighted by molar-refractivity contribution is -0.132. The smallest absolute Gasteiger partial charge is 0.376 e. The molecule has 12 heavy (non-hydrogen) atoms. The van der Waals surface area contributed by atoms with E-state index in [4.69, 9.17) is 0 Å². The summed E-state index contributed by atoms with van der Waals surface area (Å²) in [7, 11) is 1.28. The maximum atomic E-state index is 10.9. The van der Waals surface area contributed by atoms with Gasteiger partial charge in [-0.1, -0.05) is 6.58 Å². The highest BCUT2D eigenvalue weighted by atomic mass is 16.5. The van der Waals surface area contributed by atoms with Crippen LogP contribution in [0.3, 0.4) is 0 Å². The van der Waals surface area contributed by atoms with E-state index in [0.717, 1.165) is 5.71 Å². The van der Waals surface area contributed by atoms with Crippen LogP contribution in [0.2, 0.25) is 0 Å². The number of rotatable bonds is 1. The summed E-state index contributed by atoms with van der Waals surface area (Å²) in [4.78, 5) is 18.4. The molecule has 0 rings (SSSR count). The second-order valence-corrected chi connectivity index (χ2v) is 2.19. The van der Waals surface area contributed by atoms with Gasteiger partial charge in [-0.3, -0.25) is 0 Å². The standard InChI is InChI=1S/C8H12N2O2/c1-5-9-7(8(11)12-4)10-6(2)3/h5H,1H2,2-4H3. The number of aliphatic imine (C=N–C) groups is 2. The first-order valence-corrected chi connectivity index (χ1v) is 3.40. The van der Waals surface area contributed by atoms with Gasteiger partial charge in [0.2, 0.25) is 5.84 Å². The fourth-order valence-corrected chi connectivity index (χ4v) is 0.517. The number of ether oxygens (including phenoxy) is 1. The van der Waals surface area contributed by atoms with Crippen molar-refractivity contribution in [2.45, 2.75) is 13.8 Å². The van der Waals surface area contributed by atoms with Crippen LogP contribution in [0.25, 0.3) is 0 Å². The van der Waals surface area contributed by atoms with Gasteiger partial charge in [0.25, 0.3) is 0 Å². The van der Waals surface area contributed by atoms with Crippen molar-refractivity contribution in [2.24, 2.45) is 9.98 Å². The maximum Gasteiger partial charge on any atom is 0.376 e. The molecular weight excluding hydrogens is 156 g/mol. The van der Waals surface area contributed by atoms with E-state index >= 15 is 0 Å². The third-order valence-corrected chi connectivity index (χ3v) is 0.911. The van der Waals surface area contributed by atoms with Gasteiger partial charge in [0.15, 0.2) is 0 Å². The number of carbonyl (C=O) groups excluding carboxylic acids is 1. The number of hydrogen-bond donors (Lipinski definition) is 0. The summed E-state index contributed by atoms with van der Waals surface area (Å²) in [6.45, 7) is 6.89. The van der Waals surface area contributed by atoms with Crippen LogP contribution in [0, 0.1) is 0 Å². The summed E-state index contributed by atoms with van der Waals surface area (Å²) in [6.07, 6.45) is 1.25. The van der Waals surface area contributed by atoms with Crippen LogP contribution < -0.4 is 0 Å². The molecular formula is C8H12N2O2. The number of carbonyl (C=O) groups is 1. The van der Waals surface area contributed by atoms with E-state index in [9.17, 15) is 4.79 Å². The van der Waals surface area contributed by atoms with Crippen molar-refractivity contribution in [1.82, 2.24) is 0 Å². The molecule has 0 atom stereocenters. The number of nitrogens with zero attached hydrogens (tertiary/aromatic N) is 2. The van der Waals surface area contributed by atoms with E-state index < -0.39 is 5.97 Å². The molecule has 0 aliphatic heterocycles. The Balaban J connectivity index is 4.68. The highest BCUT2D eigenvalue weighted by molar-refractivity contribution is 6.37. The van der Waals surface area contributed by atoms with E-state index in [-0.39, 0.29) is 5.84 Å². The molecule has 0 saturated carbocycles. The second kappa shape index (κ2) is 5.23. The van der Waals surface area contributed by atoms with E-state index in [2.05, 4.69) is 21.3 Å². The second-order valence-electron chi connectivity index (χ2n) is 2.19. The van der Waals surface area contributed by atoms with Gasteiger partial charge in [-0.05, 0) is 13.8 Å². The van der Waals surface area contributed by atoms with Crippen molar-refractivity contribution in [3.05, 3.63) is 12.8 Å². The number of methoxy groups -OCH3 is 1. The van der Waals surface area contributed by atoms with E-state index in [0.29, 0.717) is 0 Å². The van der Waals surface area contributed by atoms with E-state index in [1.807, 2.05) is 0 Å². The van der Waals surface area contributed by atoms with Crippen molar-refractivity contribution >= 4 is 17.5 Å². The first-order valence-electron chi connectivity index (χ1n) is 3.40. The molecule has 0 aromatic carbocycles. The van der Waals surface area contributed by atoms with Gasteiger partial charge >= 0.3 is 5.97 Å². The molecule has 0 bridgehead atoms. The fourth-order valence-electron chi connectivity index (χ4n) is 0.517. The molecule has 0 amide bonds. The lowest BCUT2D eigenvalue weighted by Gasteiger charge is -1.96. The van der Waals surface area contributed by atoms with Gasteiger partial charge in [-0.25, -0.2) is 14.8 Å². The van der Waals surface area contributed by atoms with Crippen LogP contribution >= 0.6 is 0 Å². The van der Waals surface area contributed by atoms with Gasteiger partial charge < -0.3 is 4.74 Å². The minimum atomic E-state index is -0.559. The zero-order chi connectivity index (χ0) is 9.56. The van der Waals surface area contributed by atoms with Crippen LogP contribution in [0.1, 0.15) is 13.8 Å². The molecule has 0 heterocycles. The summed E-state index contributed by atoms with van der Waals surface area (Å²) < 4.78 is 4.44. The molecule has 4 heteroatoms. The molecule has 0 saturated heterocycles. The van der Waals surface area contributed by atoms with E-state index in [1.54, 1.807) is 13.8 Å². The molecule has 0 spiro atoms. The minimum absolute atomic E-state index is 0.0208. The molecule has 0 N–H and O–H groups in total. The summed E-state index contributed by atoms with van der Waals surface area (Å²) in [5, 5.41) is 0. The molecule has 0 aliphatic carbocycles. The molecule has 0 aliphatic rings. The minimum Gasteiger partial charge on any atom is -0.463 e. The highest BCUT2D eigenvalue weighted by Crippen LogP contribution is 1.88. The number of hydrogen-bond acceptors (Lipinski definition) is 3. The van der Waals surface area contributed by atoms with E-state index in [1.165, 1.54) is 13.3 Å². The molecule has 0 unspecified atom stereocenters. The van der Waals surface area contributed by atoms with Crippen LogP contribution in [0.5, 0.6) is 0 Å². The van der Waals surface area contributed by atoms with Crippen LogP contribution in [0.15, 0.2) is 22.8 Å². The summed E-state index contributed by atoms with van der Waals surface area (Å²) >= 11 is 0. The molecule has 66 valence electrons. The largest absolute Gasteiger partial charge is 0.463 e. The maximum absolute atomic E-state index is 10.9. The lowest BCUT2D eigenvalue weighted by atomic mass is 10.5. The average Bonchev–Trinajstić information content (AvgIpc) is 2.01. The Morgan fingerprint density at radius 2 is 2.08 bits per heavy atom. The third kappa shape index (κ3) is 3.65. The van der Waals surface area contributed by atoms with Crippen molar-refractivity contribution in [2.75, 3.05) is 7.11 Å². The third-order valence-electron chi connectivity index (χ3n) is 0.911. The van der Waals surface area contributed by atoms with Crippen molar-refractivity contribution in [3.8, 4) is 0 Å². The monoisotopic (exact) mass is 168 g/mol. The van der Waals surface area contributed by atoms with Crippen molar-refractivity contribution < 1.29 is 9.53 Å². The molecule has 4 nitrogen and oxygen atoms in total. The van der Waals surface area contributed by atoms with Gasteiger partial charge in [-0.15, -0.1) is 0 Å². The molecule has 0 fully saturated rings. The Labute approximate surface area is 71.7 Å². The van der Waals surface area contributed by atoms with Crippen LogP contribution in [0.4, 0.5) is 0 Å². The average molecular weight is 168 g/mol. The predicted octanol–water partition coefficient (Wildman–Crippen LogP) is 1.18. The first-order chi connectivity index (χ1) is 5.61. The predicted molar refractivity (Wildman–Crippen MR) is 48.4 cm³/mol. The van der Waals surface area contributed by atoms with Gasteiger partial charge in [0.1, 0.15) is 0 Å². The normalized spacial score (nSPS) is 10.4. The zero-order valence-corrected chi connectivity index (χ0v) is 7.50. The Morgan fingerprint density at radius 1 is 1.50 bits per heavy atom. The quantitative estimate of drug-likeness (QED) is 0.335. The summed E-state index contributed by atoms with van der Waals surface area (Å²) in [5.41, 5.74) is 0.737. The van der Waals surface area contributed by atoms with Gasteiger partial charge in [0.05, 0.1) is 7.11 Å². The van der Waals surface area contributed by atoms with Crippen molar-refractivity contribution in [3.63, 3.8) is 0 Å². The highest BCUT2D eigenvalue weighted by Gasteiger charge is 2.08. The molecule has 0 aromatic rings. The van der Waals surface area contributed by atoms with Crippen LogP contribution in [-0.4, -0.2) is 24.6 Å². The molecule has 0 aromatic heterocycles.